The zero-order valence-corrected chi connectivity index (χ0v) is 10.2. The minimum Gasteiger partial charge on any atom is -0.310 e. The lowest BCUT2D eigenvalue weighted by molar-refractivity contribution is 0.641. The van der Waals surface area contributed by atoms with Crippen molar-refractivity contribution in [3.8, 4) is 0 Å². The van der Waals surface area contributed by atoms with Crippen molar-refractivity contribution in [1.29, 1.82) is 0 Å². The number of halogens is 2. The van der Waals surface area contributed by atoms with Gasteiger partial charge in [-0.1, -0.05) is 6.07 Å². The van der Waals surface area contributed by atoms with Gasteiger partial charge in [0.2, 0.25) is 0 Å². The second-order valence-electron chi connectivity index (χ2n) is 3.16. The molecule has 1 aromatic heterocycles. The van der Waals surface area contributed by atoms with Crippen molar-refractivity contribution in [3.05, 3.63) is 26.9 Å². The Bertz CT molecular complexity index is 308. The summed E-state index contributed by atoms with van der Waals surface area (Å²) in [5.74, 6) is 0. The molecule has 1 aliphatic rings. The molecule has 1 saturated heterocycles. The van der Waals surface area contributed by atoms with E-state index in [2.05, 4.69) is 48.2 Å². The molecule has 70 valence electrons. The number of nitrogens with one attached hydrogen (secondary N) is 1. The van der Waals surface area contributed by atoms with E-state index in [1.165, 1.54) is 18.4 Å². The van der Waals surface area contributed by atoms with Gasteiger partial charge in [0.05, 0.1) is 0 Å². The third-order valence-corrected chi connectivity index (χ3v) is 3.36. The van der Waals surface area contributed by atoms with E-state index in [0.717, 1.165) is 15.8 Å². The highest BCUT2D eigenvalue weighted by atomic mass is 79.9. The van der Waals surface area contributed by atoms with Crippen molar-refractivity contribution in [3.63, 3.8) is 0 Å². The fourth-order valence-electron chi connectivity index (χ4n) is 1.63. The Morgan fingerprint density at radius 2 is 2.23 bits per heavy atom. The van der Waals surface area contributed by atoms with Crippen molar-refractivity contribution >= 4 is 31.9 Å². The molecule has 1 unspecified atom stereocenters. The topological polar surface area (TPSA) is 24.9 Å². The minimum atomic E-state index is 0.481. The van der Waals surface area contributed by atoms with Crippen LogP contribution in [0.1, 0.15) is 24.4 Å². The number of rotatable bonds is 1. The molecule has 1 aromatic rings. The van der Waals surface area contributed by atoms with Crippen LogP contribution < -0.4 is 5.32 Å². The van der Waals surface area contributed by atoms with Gasteiger partial charge in [0.15, 0.2) is 0 Å². The summed E-state index contributed by atoms with van der Waals surface area (Å²) in [4.78, 5) is 4.31. The summed E-state index contributed by atoms with van der Waals surface area (Å²) in [5, 5.41) is 3.45. The van der Waals surface area contributed by atoms with Gasteiger partial charge in [-0.25, -0.2) is 4.98 Å². The molecule has 13 heavy (non-hydrogen) atoms. The van der Waals surface area contributed by atoms with E-state index in [0.29, 0.717) is 6.04 Å². The molecular formula is C9H10Br2N2. The Morgan fingerprint density at radius 1 is 1.38 bits per heavy atom. The summed E-state index contributed by atoms with van der Waals surface area (Å²) in [5.41, 5.74) is 1.26. The summed E-state index contributed by atoms with van der Waals surface area (Å²) in [6, 6.07) is 4.58. The van der Waals surface area contributed by atoms with Gasteiger partial charge in [0, 0.05) is 11.6 Å². The third-order valence-electron chi connectivity index (χ3n) is 2.28. The molecule has 1 N–H and O–H groups in total. The highest BCUT2D eigenvalue weighted by Crippen LogP contribution is 2.29. The Kier molecular flexibility index (Phi) is 3.01. The smallest absolute Gasteiger partial charge is 0.112 e. The molecule has 2 rings (SSSR count). The standard InChI is InChI=1S/C9H10Br2N2/c10-8-4-3-6(9(11)13-8)7-2-1-5-12-7/h3-4,7,12H,1-2,5H2. The number of hydrogen-bond acceptors (Lipinski definition) is 2. The summed E-state index contributed by atoms with van der Waals surface area (Å²) < 4.78 is 1.82. The maximum Gasteiger partial charge on any atom is 0.112 e. The zero-order chi connectivity index (χ0) is 9.26. The van der Waals surface area contributed by atoms with Gasteiger partial charge in [-0.15, -0.1) is 0 Å². The van der Waals surface area contributed by atoms with E-state index in [4.69, 9.17) is 0 Å². The summed E-state index contributed by atoms with van der Waals surface area (Å²) >= 11 is 6.82. The van der Waals surface area contributed by atoms with Gasteiger partial charge >= 0.3 is 0 Å². The molecule has 1 fully saturated rings. The maximum atomic E-state index is 4.31. The fraction of sp³-hybridized carbons (Fsp3) is 0.444. The van der Waals surface area contributed by atoms with Crippen molar-refractivity contribution in [2.45, 2.75) is 18.9 Å². The first-order chi connectivity index (χ1) is 6.27. The van der Waals surface area contributed by atoms with E-state index in [9.17, 15) is 0 Å². The Balaban J connectivity index is 2.29. The first kappa shape index (κ1) is 9.62. The van der Waals surface area contributed by atoms with Crippen molar-refractivity contribution in [1.82, 2.24) is 10.3 Å². The normalized spacial score (nSPS) is 22.2. The molecule has 0 radical (unpaired) electrons. The Labute approximate surface area is 94.4 Å². The predicted octanol–water partition coefficient (Wildman–Crippen LogP) is 3.03. The third kappa shape index (κ3) is 2.11. The summed E-state index contributed by atoms with van der Waals surface area (Å²) in [7, 11) is 0. The lowest BCUT2D eigenvalue weighted by atomic mass is 10.1. The number of aromatic nitrogens is 1. The van der Waals surface area contributed by atoms with Gasteiger partial charge in [0.25, 0.3) is 0 Å². The molecule has 0 spiro atoms. The summed E-state index contributed by atoms with van der Waals surface area (Å²) in [6.45, 7) is 1.12. The average molecular weight is 306 g/mol. The van der Waals surface area contributed by atoms with Crippen LogP contribution in [-0.4, -0.2) is 11.5 Å². The Morgan fingerprint density at radius 3 is 2.85 bits per heavy atom. The highest BCUT2D eigenvalue weighted by molar-refractivity contribution is 9.11. The van der Waals surface area contributed by atoms with Crippen LogP contribution in [0, 0.1) is 0 Å². The molecule has 4 heteroatoms. The van der Waals surface area contributed by atoms with Gasteiger partial charge in [-0.3, -0.25) is 0 Å². The van der Waals surface area contributed by atoms with Crippen LogP contribution in [-0.2, 0) is 0 Å². The van der Waals surface area contributed by atoms with Gasteiger partial charge in [-0.2, -0.15) is 0 Å². The minimum absolute atomic E-state index is 0.481. The van der Waals surface area contributed by atoms with E-state index >= 15 is 0 Å². The molecule has 1 aliphatic heterocycles. The van der Waals surface area contributed by atoms with Gasteiger partial charge in [-0.05, 0) is 57.3 Å². The lowest BCUT2D eigenvalue weighted by Crippen LogP contribution is -2.13. The van der Waals surface area contributed by atoms with Crippen molar-refractivity contribution in [2.75, 3.05) is 6.54 Å². The van der Waals surface area contributed by atoms with Crippen LogP contribution in [0.25, 0.3) is 0 Å². The molecule has 2 nitrogen and oxygen atoms in total. The predicted molar refractivity (Wildman–Crippen MR) is 59.6 cm³/mol. The lowest BCUT2D eigenvalue weighted by Gasteiger charge is -2.11. The molecule has 0 aliphatic carbocycles. The van der Waals surface area contributed by atoms with E-state index in [1.54, 1.807) is 0 Å². The fourth-order valence-corrected chi connectivity index (χ4v) is 2.78. The molecular weight excluding hydrogens is 296 g/mol. The SMILES string of the molecule is Brc1ccc(C2CCCN2)c(Br)n1. The van der Waals surface area contributed by atoms with Gasteiger partial charge in [0.1, 0.15) is 9.21 Å². The van der Waals surface area contributed by atoms with Crippen LogP contribution >= 0.6 is 31.9 Å². The molecule has 2 heterocycles. The average Bonchev–Trinajstić information content (AvgIpc) is 2.56. The van der Waals surface area contributed by atoms with E-state index in [-0.39, 0.29) is 0 Å². The van der Waals surface area contributed by atoms with Crippen LogP contribution in [0.2, 0.25) is 0 Å². The van der Waals surface area contributed by atoms with E-state index in [1.807, 2.05) is 6.07 Å². The van der Waals surface area contributed by atoms with Crippen LogP contribution in [0.15, 0.2) is 21.3 Å². The number of hydrogen-bond donors (Lipinski definition) is 1. The number of pyridine rings is 1. The largest absolute Gasteiger partial charge is 0.310 e. The molecule has 0 aromatic carbocycles. The molecule has 1 atom stereocenters. The van der Waals surface area contributed by atoms with Crippen LogP contribution in [0.4, 0.5) is 0 Å². The zero-order valence-electron chi connectivity index (χ0n) is 7.06. The molecule has 0 saturated carbocycles. The maximum absolute atomic E-state index is 4.31. The van der Waals surface area contributed by atoms with Crippen LogP contribution in [0.5, 0.6) is 0 Å². The second kappa shape index (κ2) is 4.07. The van der Waals surface area contributed by atoms with Crippen molar-refractivity contribution < 1.29 is 0 Å². The quantitative estimate of drug-likeness (QED) is 0.807. The second-order valence-corrected chi connectivity index (χ2v) is 4.73. The highest BCUT2D eigenvalue weighted by Gasteiger charge is 2.18. The Hall–Kier alpha value is 0.0700. The monoisotopic (exact) mass is 304 g/mol. The van der Waals surface area contributed by atoms with Crippen LogP contribution in [0.3, 0.4) is 0 Å². The number of nitrogens with zero attached hydrogens (tertiary/aromatic N) is 1. The first-order valence-corrected chi connectivity index (χ1v) is 5.91. The summed E-state index contributed by atoms with van der Waals surface area (Å²) in [6.07, 6.45) is 2.47. The van der Waals surface area contributed by atoms with E-state index < -0.39 is 0 Å². The first-order valence-electron chi connectivity index (χ1n) is 4.33. The molecule has 0 bridgehead atoms. The van der Waals surface area contributed by atoms with Gasteiger partial charge < -0.3 is 5.32 Å². The molecule has 0 amide bonds. The van der Waals surface area contributed by atoms with Crippen molar-refractivity contribution in [2.24, 2.45) is 0 Å².